The van der Waals surface area contributed by atoms with E-state index in [-0.39, 0.29) is 46.4 Å². The maximum absolute atomic E-state index is 14.4. The smallest absolute Gasteiger partial charge is 0.269 e. The number of methoxy groups -OCH3 is 1. The predicted octanol–water partition coefficient (Wildman–Crippen LogP) is 6.08. The summed E-state index contributed by atoms with van der Waals surface area (Å²) in [6, 6.07) is 13.6. The predicted molar refractivity (Wildman–Crippen MR) is 176 cm³/mol. The highest BCUT2D eigenvalue weighted by atomic mass is 35.5. The van der Waals surface area contributed by atoms with Crippen LogP contribution in [-0.4, -0.2) is 40.8 Å². The molecule has 0 bridgehead atoms. The van der Waals surface area contributed by atoms with E-state index in [1.807, 2.05) is 6.08 Å². The molecule has 6 unspecified atom stereocenters. The van der Waals surface area contributed by atoms with Gasteiger partial charge in [0.25, 0.3) is 5.69 Å². The van der Waals surface area contributed by atoms with Crippen molar-refractivity contribution >= 4 is 58.4 Å². The van der Waals surface area contributed by atoms with Crippen LogP contribution in [0.4, 0.5) is 21.5 Å². The maximum Gasteiger partial charge on any atom is 0.269 e. The average Bonchev–Trinajstić information content (AvgIpc) is 3.45. The van der Waals surface area contributed by atoms with Gasteiger partial charge in [-0.1, -0.05) is 41.5 Å². The Morgan fingerprint density at radius 2 is 1.69 bits per heavy atom. The topological polar surface area (TPSA) is 147 Å². The lowest BCUT2D eigenvalue weighted by Gasteiger charge is -2.47. The number of nitro groups is 1. The molecule has 6 atom stereocenters. The number of rotatable bonds is 6. The molecule has 0 aromatic heterocycles. The molecule has 0 radical (unpaired) electrons. The molecule has 1 saturated carbocycles. The molecule has 2 aliphatic heterocycles. The summed E-state index contributed by atoms with van der Waals surface area (Å²) >= 11 is 6.06. The molecule has 11 nitrogen and oxygen atoms in total. The standard InChI is InChI=1S/C36H29ClFN3O8/c1-36-25(12-3-18-4-14-29(42)30(15-18)49-2)22-10-11-23-31(34(45)39(32(23)43)19-5-7-20(8-6-19)41(47)48)24(22)17-26(36)33(44)40(35(36)46)21-9-13-28(38)27(37)16-21/h3-10,12-16,23-26,31,42H,11,17H2,1-2H3. The fraction of sp³-hybridized carbons (Fsp3) is 0.278. The molecule has 2 heterocycles. The summed E-state index contributed by atoms with van der Waals surface area (Å²) in [5, 5.41) is 21.1. The van der Waals surface area contributed by atoms with E-state index < -0.39 is 69.4 Å². The number of allylic oxidation sites excluding steroid dienone is 3. The van der Waals surface area contributed by atoms with Crippen LogP contribution in [0.15, 0.2) is 78.4 Å². The molecule has 4 aliphatic rings. The van der Waals surface area contributed by atoms with E-state index >= 15 is 0 Å². The molecule has 13 heteroatoms. The zero-order valence-corrected chi connectivity index (χ0v) is 27.0. The number of anilines is 2. The summed E-state index contributed by atoms with van der Waals surface area (Å²) in [6.45, 7) is 1.71. The van der Waals surface area contributed by atoms with Crippen LogP contribution in [-0.2, 0) is 19.2 Å². The van der Waals surface area contributed by atoms with Crippen LogP contribution in [0.3, 0.4) is 0 Å². The minimum Gasteiger partial charge on any atom is -0.504 e. The van der Waals surface area contributed by atoms with Crippen LogP contribution < -0.4 is 14.5 Å². The zero-order valence-electron chi connectivity index (χ0n) is 26.2. The summed E-state index contributed by atoms with van der Waals surface area (Å²) in [7, 11) is 1.42. The summed E-state index contributed by atoms with van der Waals surface area (Å²) in [5.41, 5.74) is 0.202. The highest BCUT2D eigenvalue weighted by Crippen LogP contribution is 2.61. The van der Waals surface area contributed by atoms with Gasteiger partial charge in [0.05, 0.1) is 51.6 Å². The minimum atomic E-state index is -1.33. The molecule has 7 rings (SSSR count). The molecule has 250 valence electrons. The molecule has 3 aromatic rings. The molecule has 1 N–H and O–H groups in total. The van der Waals surface area contributed by atoms with E-state index in [9.17, 15) is 38.8 Å². The van der Waals surface area contributed by atoms with Crippen LogP contribution in [0.2, 0.25) is 5.02 Å². The van der Waals surface area contributed by atoms with Crippen LogP contribution in [0.5, 0.6) is 11.5 Å². The van der Waals surface area contributed by atoms with E-state index in [2.05, 4.69) is 0 Å². The first-order chi connectivity index (χ1) is 23.4. The van der Waals surface area contributed by atoms with Crippen molar-refractivity contribution in [1.82, 2.24) is 0 Å². The number of halogens is 2. The number of nitro benzene ring substituents is 1. The number of ether oxygens (including phenoxy) is 1. The quantitative estimate of drug-likeness (QED) is 0.142. The van der Waals surface area contributed by atoms with Gasteiger partial charge in [-0.25, -0.2) is 9.29 Å². The van der Waals surface area contributed by atoms with Gasteiger partial charge in [-0.15, -0.1) is 0 Å². The van der Waals surface area contributed by atoms with Gasteiger partial charge in [0, 0.05) is 18.1 Å². The number of hydrogen-bond acceptors (Lipinski definition) is 8. The van der Waals surface area contributed by atoms with Gasteiger partial charge in [0.1, 0.15) is 5.82 Å². The Morgan fingerprint density at radius 1 is 0.980 bits per heavy atom. The number of non-ortho nitro benzene ring substituents is 1. The Morgan fingerprint density at radius 3 is 2.37 bits per heavy atom. The summed E-state index contributed by atoms with van der Waals surface area (Å²) in [5.74, 6) is -6.25. The molecule has 2 aliphatic carbocycles. The fourth-order valence-corrected chi connectivity index (χ4v) is 8.25. The van der Waals surface area contributed by atoms with E-state index in [0.29, 0.717) is 5.56 Å². The second-order valence-corrected chi connectivity index (χ2v) is 13.3. The van der Waals surface area contributed by atoms with Gasteiger partial charge in [-0.2, -0.15) is 0 Å². The molecule has 3 fully saturated rings. The van der Waals surface area contributed by atoms with Gasteiger partial charge in [0.2, 0.25) is 23.6 Å². The van der Waals surface area contributed by atoms with Crippen molar-refractivity contribution in [3.05, 3.63) is 105 Å². The Hall–Kier alpha value is -5.36. The zero-order chi connectivity index (χ0) is 34.9. The van der Waals surface area contributed by atoms with Crippen molar-refractivity contribution < 1.29 is 38.3 Å². The Kier molecular flexibility index (Phi) is 7.66. The van der Waals surface area contributed by atoms with E-state index in [0.717, 1.165) is 21.4 Å². The number of fused-ring (bicyclic) bond motifs is 4. The average molecular weight is 686 g/mol. The highest BCUT2D eigenvalue weighted by Gasteiger charge is 2.67. The Balaban J connectivity index is 1.32. The van der Waals surface area contributed by atoms with Gasteiger partial charge >= 0.3 is 0 Å². The highest BCUT2D eigenvalue weighted by molar-refractivity contribution is 6.31. The van der Waals surface area contributed by atoms with Crippen LogP contribution >= 0.6 is 11.6 Å². The maximum atomic E-state index is 14.4. The molecule has 4 amide bonds. The summed E-state index contributed by atoms with van der Waals surface area (Å²) in [6.07, 6.45) is 5.76. The molecule has 3 aromatic carbocycles. The monoisotopic (exact) mass is 685 g/mol. The summed E-state index contributed by atoms with van der Waals surface area (Å²) in [4.78, 5) is 69.3. The first-order valence-electron chi connectivity index (χ1n) is 15.6. The van der Waals surface area contributed by atoms with Gasteiger partial charge in [-0.05, 0) is 73.7 Å². The third-order valence-electron chi connectivity index (χ3n) is 10.5. The number of imide groups is 2. The number of benzene rings is 3. The Bertz CT molecular complexity index is 2030. The third kappa shape index (κ3) is 4.84. The van der Waals surface area contributed by atoms with Crippen molar-refractivity contribution in [1.29, 1.82) is 0 Å². The normalized spacial score (nSPS) is 27.7. The third-order valence-corrected chi connectivity index (χ3v) is 10.8. The number of amides is 4. The number of carbonyl (C=O) groups excluding carboxylic acids is 4. The van der Waals surface area contributed by atoms with E-state index in [4.69, 9.17) is 16.3 Å². The van der Waals surface area contributed by atoms with Gasteiger partial charge in [0.15, 0.2) is 11.5 Å². The summed E-state index contributed by atoms with van der Waals surface area (Å²) < 4.78 is 19.4. The number of aromatic hydroxyl groups is 1. The lowest BCUT2D eigenvalue weighted by atomic mass is 9.52. The van der Waals surface area contributed by atoms with Crippen molar-refractivity contribution in [3.8, 4) is 11.5 Å². The second-order valence-electron chi connectivity index (χ2n) is 12.9. The number of phenolic OH excluding ortho intramolecular Hbond substituents is 1. The number of carbonyl (C=O) groups is 4. The first-order valence-corrected chi connectivity index (χ1v) is 16.0. The van der Waals surface area contributed by atoms with Crippen LogP contribution in [0.1, 0.15) is 25.3 Å². The second kappa shape index (κ2) is 11.7. The lowest BCUT2D eigenvalue weighted by molar-refractivity contribution is -0.384. The molecular weight excluding hydrogens is 657 g/mol. The number of hydrogen-bond donors (Lipinski definition) is 1. The van der Waals surface area contributed by atoms with E-state index in [1.165, 1.54) is 49.6 Å². The van der Waals surface area contributed by atoms with Gasteiger partial charge in [-0.3, -0.25) is 34.2 Å². The van der Waals surface area contributed by atoms with Crippen molar-refractivity contribution in [2.45, 2.75) is 19.8 Å². The number of nitrogens with zero attached hydrogens (tertiary/aromatic N) is 3. The SMILES string of the molecule is COc1cc(C=CC2C3=CCC4C(=O)N(c5ccc([N+](=O)[O-])cc5)C(=O)C4C3CC3C(=O)N(c4ccc(F)c(Cl)c4)C(=O)C23C)ccc1O. The van der Waals surface area contributed by atoms with Crippen molar-refractivity contribution in [2.75, 3.05) is 16.9 Å². The van der Waals surface area contributed by atoms with Gasteiger partial charge < -0.3 is 9.84 Å². The minimum absolute atomic E-state index is 0.0578. The van der Waals surface area contributed by atoms with Crippen LogP contribution in [0, 0.1) is 50.9 Å². The molecule has 49 heavy (non-hydrogen) atoms. The van der Waals surface area contributed by atoms with E-state index in [1.54, 1.807) is 31.2 Å². The van der Waals surface area contributed by atoms with Crippen molar-refractivity contribution in [2.24, 2.45) is 35.0 Å². The van der Waals surface area contributed by atoms with Crippen LogP contribution in [0.25, 0.3) is 6.08 Å². The largest absolute Gasteiger partial charge is 0.504 e. The molecular formula is C36H29ClFN3O8. The lowest BCUT2D eigenvalue weighted by Crippen LogP contribution is -2.49. The molecule has 0 spiro atoms. The Labute approximate surface area is 284 Å². The van der Waals surface area contributed by atoms with Crippen molar-refractivity contribution in [3.63, 3.8) is 0 Å². The fourth-order valence-electron chi connectivity index (χ4n) is 8.07. The molecule has 2 saturated heterocycles. The first kappa shape index (κ1) is 32.2. The number of phenols is 1.